The molecular formula is C16H20N2O2. The van der Waals surface area contributed by atoms with Gasteiger partial charge in [-0.2, -0.15) is 5.10 Å². The van der Waals surface area contributed by atoms with Crippen LogP contribution in [0.1, 0.15) is 60.5 Å². The number of nitrogens with zero attached hydrogens (tertiary/aromatic N) is 2. The number of carbonyl (C=O) groups excluding carboxylic acids is 1. The minimum atomic E-state index is 0.0901. The molecule has 1 fully saturated rings. The smallest absolute Gasteiger partial charge is 0.172 e. The third kappa shape index (κ3) is 2.55. The molecule has 0 radical (unpaired) electrons. The van der Waals surface area contributed by atoms with E-state index < -0.39 is 0 Å². The second-order valence-electron chi connectivity index (χ2n) is 5.44. The van der Waals surface area contributed by atoms with Crippen molar-refractivity contribution in [3.63, 3.8) is 0 Å². The first-order valence-corrected chi connectivity index (χ1v) is 7.41. The van der Waals surface area contributed by atoms with Gasteiger partial charge in [0.25, 0.3) is 0 Å². The van der Waals surface area contributed by atoms with Crippen LogP contribution in [0.4, 0.5) is 0 Å². The van der Waals surface area contributed by atoms with Gasteiger partial charge < -0.3 is 4.42 Å². The van der Waals surface area contributed by atoms with E-state index in [9.17, 15) is 4.79 Å². The van der Waals surface area contributed by atoms with E-state index in [1.165, 1.54) is 25.7 Å². The molecule has 2 aromatic heterocycles. The molecule has 0 spiro atoms. The molecule has 0 atom stereocenters. The van der Waals surface area contributed by atoms with Gasteiger partial charge in [-0.25, -0.2) is 0 Å². The average Bonchev–Trinajstić information content (AvgIpc) is 3.19. The summed E-state index contributed by atoms with van der Waals surface area (Å²) in [7, 11) is 0. The van der Waals surface area contributed by atoms with Crippen LogP contribution in [0.5, 0.6) is 0 Å². The van der Waals surface area contributed by atoms with E-state index in [2.05, 4.69) is 5.10 Å². The summed E-state index contributed by atoms with van der Waals surface area (Å²) < 4.78 is 7.35. The maximum atomic E-state index is 12.3. The third-order valence-electron chi connectivity index (χ3n) is 4.07. The van der Waals surface area contributed by atoms with E-state index >= 15 is 0 Å². The number of hydrogen-bond donors (Lipinski definition) is 0. The fourth-order valence-electron chi connectivity index (χ4n) is 2.97. The molecule has 3 rings (SSSR count). The first kappa shape index (κ1) is 13.2. The lowest BCUT2D eigenvalue weighted by Crippen LogP contribution is -2.08. The molecule has 4 nitrogen and oxygen atoms in total. The minimum absolute atomic E-state index is 0.0901. The summed E-state index contributed by atoms with van der Waals surface area (Å²) in [6, 6.07) is 4.25. The Balaban J connectivity index is 1.70. The van der Waals surface area contributed by atoms with Crippen molar-refractivity contribution in [2.75, 3.05) is 0 Å². The summed E-state index contributed by atoms with van der Waals surface area (Å²) in [4.78, 5) is 12.3. The maximum Gasteiger partial charge on any atom is 0.172 e. The lowest BCUT2D eigenvalue weighted by Gasteiger charge is -2.08. The zero-order valence-corrected chi connectivity index (χ0v) is 11.8. The molecule has 1 aliphatic carbocycles. The number of aromatic nitrogens is 2. The fraction of sp³-hybridized carbons (Fsp3) is 0.500. The highest BCUT2D eigenvalue weighted by molar-refractivity contribution is 5.98. The fourth-order valence-corrected chi connectivity index (χ4v) is 2.97. The standard InChI is InChI=1S/C16H20N2O2/c1-2-16-14(8-10-20-16)15(19)11-12-7-9-18(17-12)13-5-3-4-6-13/h7-10,13H,2-6,11H2,1H3. The molecule has 4 heteroatoms. The van der Waals surface area contributed by atoms with Crippen LogP contribution < -0.4 is 0 Å². The largest absolute Gasteiger partial charge is 0.469 e. The summed E-state index contributed by atoms with van der Waals surface area (Å²) in [6.45, 7) is 1.99. The van der Waals surface area contributed by atoms with E-state index in [1.807, 2.05) is 23.9 Å². The van der Waals surface area contributed by atoms with Gasteiger partial charge >= 0.3 is 0 Å². The van der Waals surface area contributed by atoms with Gasteiger partial charge in [0, 0.05) is 12.6 Å². The van der Waals surface area contributed by atoms with E-state index in [1.54, 1.807) is 12.3 Å². The molecule has 1 aliphatic rings. The maximum absolute atomic E-state index is 12.3. The molecule has 0 unspecified atom stereocenters. The van der Waals surface area contributed by atoms with Crippen LogP contribution in [0.2, 0.25) is 0 Å². The topological polar surface area (TPSA) is 48.0 Å². The summed E-state index contributed by atoms with van der Waals surface area (Å²) in [5.74, 6) is 0.859. The zero-order chi connectivity index (χ0) is 13.9. The summed E-state index contributed by atoms with van der Waals surface area (Å²) in [5.41, 5.74) is 1.55. The highest BCUT2D eigenvalue weighted by Crippen LogP contribution is 2.28. The Kier molecular flexibility index (Phi) is 3.72. The number of rotatable bonds is 5. The minimum Gasteiger partial charge on any atom is -0.469 e. The van der Waals surface area contributed by atoms with E-state index in [0.29, 0.717) is 18.0 Å². The molecule has 0 N–H and O–H groups in total. The predicted molar refractivity (Wildman–Crippen MR) is 75.9 cm³/mol. The molecular weight excluding hydrogens is 252 g/mol. The Bertz CT molecular complexity index is 591. The number of hydrogen-bond acceptors (Lipinski definition) is 3. The number of aryl methyl sites for hydroxylation is 1. The average molecular weight is 272 g/mol. The Labute approximate surface area is 118 Å². The van der Waals surface area contributed by atoms with Crippen molar-refractivity contribution in [3.8, 4) is 0 Å². The monoisotopic (exact) mass is 272 g/mol. The molecule has 0 aliphatic heterocycles. The highest BCUT2D eigenvalue weighted by Gasteiger charge is 2.19. The van der Waals surface area contributed by atoms with Crippen molar-refractivity contribution in [1.82, 2.24) is 9.78 Å². The quantitative estimate of drug-likeness (QED) is 0.782. The van der Waals surface area contributed by atoms with Gasteiger partial charge in [-0.05, 0) is 25.0 Å². The van der Waals surface area contributed by atoms with Crippen LogP contribution in [0, 0.1) is 0 Å². The highest BCUT2D eigenvalue weighted by atomic mass is 16.3. The van der Waals surface area contributed by atoms with Gasteiger partial charge in [0.2, 0.25) is 0 Å². The van der Waals surface area contributed by atoms with Crippen molar-refractivity contribution in [1.29, 1.82) is 0 Å². The molecule has 0 amide bonds. The van der Waals surface area contributed by atoms with Gasteiger partial charge in [0.05, 0.1) is 30.0 Å². The third-order valence-corrected chi connectivity index (χ3v) is 4.07. The first-order valence-electron chi connectivity index (χ1n) is 7.41. The van der Waals surface area contributed by atoms with Crippen molar-refractivity contribution < 1.29 is 9.21 Å². The molecule has 106 valence electrons. The lowest BCUT2D eigenvalue weighted by molar-refractivity contribution is 0.0990. The molecule has 2 aromatic rings. The summed E-state index contributed by atoms with van der Waals surface area (Å²) >= 11 is 0. The van der Waals surface area contributed by atoms with Crippen LogP contribution >= 0.6 is 0 Å². The summed E-state index contributed by atoms with van der Waals surface area (Å²) in [5, 5.41) is 4.56. The van der Waals surface area contributed by atoms with Crippen LogP contribution in [0.15, 0.2) is 29.0 Å². The number of carbonyl (C=O) groups is 1. The van der Waals surface area contributed by atoms with Crippen LogP contribution in [-0.2, 0) is 12.8 Å². The number of furan rings is 1. The lowest BCUT2D eigenvalue weighted by atomic mass is 10.1. The van der Waals surface area contributed by atoms with E-state index in [4.69, 9.17) is 4.42 Å². The van der Waals surface area contributed by atoms with Gasteiger partial charge in [-0.15, -0.1) is 0 Å². The summed E-state index contributed by atoms with van der Waals surface area (Å²) in [6.07, 6.45) is 9.67. The second kappa shape index (κ2) is 5.65. The Morgan fingerprint density at radius 3 is 2.95 bits per heavy atom. The van der Waals surface area contributed by atoms with Crippen molar-refractivity contribution >= 4 is 5.78 Å². The van der Waals surface area contributed by atoms with Crippen molar-refractivity contribution in [3.05, 3.63) is 41.6 Å². The number of Topliss-reactive ketones (excluding diaryl/α,β-unsaturated/α-hetero) is 1. The molecule has 2 heterocycles. The molecule has 0 aromatic carbocycles. The predicted octanol–water partition coefficient (Wildman–Crippen LogP) is 3.58. The van der Waals surface area contributed by atoms with Gasteiger partial charge in [-0.1, -0.05) is 19.8 Å². The Morgan fingerprint density at radius 1 is 1.40 bits per heavy atom. The molecule has 0 saturated heterocycles. The van der Waals surface area contributed by atoms with Gasteiger partial charge in [-0.3, -0.25) is 9.48 Å². The second-order valence-corrected chi connectivity index (χ2v) is 5.44. The van der Waals surface area contributed by atoms with Crippen LogP contribution in [0.3, 0.4) is 0 Å². The van der Waals surface area contributed by atoms with Crippen LogP contribution in [-0.4, -0.2) is 15.6 Å². The number of ketones is 1. The van der Waals surface area contributed by atoms with E-state index in [0.717, 1.165) is 17.9 Å². The normalized spacial score (nSPS) is 15.8. The van der Waals surface area contributed by atoms with Gasteiger partial charge in [0.15, 0.2) is 5.78 Å². The van der Waals surface area contributed by atoms with Crippen molar-refractivity contribution in [2.45, 2.75) is 51.5 Å². The molecule has 20 heavy (non-hydrogen) atoms. The van der Waals surface area contributed by atoms with Gasteiger partial charge in [0.1, 0.15) is 5.76 Å². The van der Waals surface area contributed by atoms with Crippen molar-refractivity contribution in [2.24, 2.45) is 0 Å². The Hall–Kier alpha value is -1.84. The SMILES string of the molecule is CCc1occc1C(=O)Cc1ccn(C2CCCC2)n1. The molecule has 1 saturated carbocycles. The van der Waals surface area contributed by atoms with E-state index in [-0.39, 0.29) is 5.78 Å². The molecule has 0 bridgehead atoms. The Morgan fingerprint density at radius 2 is 2.20 bits per heavy atom. The first-order chi connectivity index (χ1) is 9.78. The van der Waals surface area contributed by atoms with Crippen LogP contribution in [0.25, 0.3) is 0 Å². The zero-order valence-electron chi connectivity index (χ0n) is 11.8.